The molecule has 0 fully saturated rings. The van der Waals surface area contributed by atoms with E-state index in [0.717, 1.165) is 22.3 Å². The summed E-state index contributed by atoms with van der Waals surface area (Å²) in [5.74, 6) is 0.439. The summed E-state index contributed by atoms with van der Waals surface area (Å²) in [4.78, 5) is 0. The van der Waals surface area contributed by atoms with E-state index in [2.05, 4.69) is 0 Å². The first-order chi connectivity index (χ1) is 14.5. The number of nitrogen functional groups attached to an aromatic ring is 1. The van der Waals surface area contributed by atoms with Crippen LogP contribution >= 0.6 is 0 Å². The zero-order chi connectivity index (χ0) is 21.1. The second kappa shape index (κ2) is 8.21. The quantitative estimate of drug-likeness (QED) is 0.342. The van der Waals surface area contributed by atoms with Crippen molar-refractivity contribution in [3.63, 3.8) is 0 Å². The Morgan fingerprint density at radius 2 is 0.633 bits per heavy atom. The van der Waals surface area contributed by atoms with Gasteiger partial charge in [-0.1, -0.05) is 48.5 Å². The van der Waals surface area contributed by atoms with Crippen LogP contribution in [0, 0.1) is 0 Å². The maximum atomic E-state index is 9.81. The van der Waals surface area contributed by atoms with Gasteiger partial charge < -0.3 is 21.1 Å². The van der Waals surface area contributed by atoms with Crippen molar-refractivity contribution in [2.45, 2.75) is 11.8 Å². The molecule has 0 bridgehead atoms. The van der Waals surface area contributed by atoms with Gasteiger partial charge in [0.15, 0.2) is 0 Å². The summed E-state index contributed by atoms with van der Waals surface area (Å²) in [5, 5.41) is 29.4. The number of phenols is 3. The van der Waals surface area contributed by atoms with E-state index in [1.54, 1.807) is 36.4 Å². The molecule has 4 heteroatoms. The van der Waals surface area contributed by atoms with Crippen molar-refractivity contribution in [3.8, 4) is 17.2 Å². The predicted octanol–water partition coefficient (Wildman–Crippen LogP) is 5.35. The third-order valence-corrected chi connectivity index (χ3v) is 5.39. The first-order valence-corrected chi connectivity index (χ1v) is 9.73. The van der Waals surface area contributed by atoms with Crippen molar-refractivity contribution in [2.75, 3.05) is 5.73 Å². The molecule has 0 aliphatic heterocycles. The summed E-state index contributed by atoms with van der Waals surface area (Å²) in [6.07, 6.45) is 0. The molecule has 4 nitrogen and oxygen atoms in total. The lowest BCUT2D eigenvalue weighted by Gasteiger charge is -2.29. The molecule has 150 valence electrons. The molecule has 4 aromatic carbocycles. The van der Waals surface area contributed by atoms with E-state index in [-0.39, 0.29) is 29.1 Å². The van der Waals surface area contributed by atoms with E-state index in [1.165, 1.54) is 0 Å². The van der Waals surface area contributed by atoms with Gasteiger partial charge in [0.25, 0.3) is 0 Å². The predicted molar refractivity (Wildman–Crippen MR) is 119 cm³/mol. The number of phenolic OH excluding ortho intramolecular Hbond substituents is 3. The number of hydrogen-bond acceptors (Lipinski definition) is 4. The number of benzene rings is 4. The molecule has 0 radical (unpaired) electrons. The Morgan fingerprint density at radius 3 is 0.900 bits per heavy atom. The molecule has 0 amide bonds. The first kappa shape index (κ1) is 19.4. The van der Waals surface area contributed by atoms with E-state index in [4.69, 9.17) is 5.73 Å². The zero-order valence-electron chi connectivity index (χ0n) is 16.3. The summed E-state index contributed by atoms with van der Waals surface area (Å²) in [5.41, 5.74) is 10.8. The summed E-state index contributed by atoms with van der Waals surface area (Å²) in [6.45, 7) is 0. The highest BCUT2D eigenvalue weighted by Crippen LogP contribution is 2.44. The van der Waals surface area contributed by atoms with Crippen LogP contribution in [-0.2, 0) is 0 Å². The standard InChI is InChI=1S/C26H23NO3/c27-21-9-1-17(2-10-21)25(18-3-11-22(28)12-4-18)26(19-5-13-23(29)14-6-19)20-7-15-24(30)16-8-20/h1-16,25-26,28-30H,27H2. The first-order valence-electron chi connectivity index (χ1n) is 9.73. The Hall–Kier alpha value is -3.92. The monoisotopic (exact) mass is 397 g/mol. The third-order valence-electron chi connectivity index (χ3n) is 5.39. The molecular weight excluding hydrogens is 374 g/mol. The molecule has 0 aliphatic rings. The van der Waals surface area contributed by atoms with Crippen LogP contribution in [-0.4, -0.2) is 15.3 Å². The normalized spacial score (nSPS) is 12.0. The maximum Gasteiger partial charge on any atom is 0.115 e. The van der Waals surface area contributed by atoms with Crippen molar-refractivity contribution in [2.24, 2.45) is 0 Å². The van der Waals surface area contributed by atoms with Gasteiger partial charge in [-0.25, -0.2) is 0 Å². The minimum atomic E-state index is -0.0978. The fraction of sp³-hybridized carbons (Fsp3) is 0.0769. The average molecular weight is 397 g/mol. The second-order valence-electron chi connectivity index (χ2n) is 7.40. The largest absolute Gasteiger partial charge is 0.508 e. The summed E-state index contributed by atoms with van der Waals surface area (Å²) < 4.78 is 0. The molecule has 0 aliphatic carbocycles. The lowest BCUT2D eigenvalue weighted by molar-refractivity contribution is 0.473. The van der Waals surface area contributed by atoms with Crippen LogP contribution in [0.5, 0.6) is 17.2 Å². The van der Waals surface area contributed by atoms with Crippen LogP contribution in [0.2, 0.25) is 0 Å². The lowest BCUT2D eigenvalue weighted by Crippen LogP contribution is -2.15. The van der Waals surface area contributed by atoms with Gasteiger partial charge in [0, 0.05) is 17.5 Å². The van der Waals surface area contributed by atoms with Gasteiger partial charge in [0.1, 0.15) is 17.2 Å². The second-order valence-corrected chi connectivity index (χ2v) is 7.40. The average Bonchev–Trinajstić information content (AvgIpc) is 2.75. The van der Waals surface area contributed by atoms with Crippen molar-refractivity contribution >= 4 is 5.69 Å². The Bertz CT molecular complexity index is 919. The summed E-state index contributed by atoms with van der Waals surface area (Å²) in [7, 11) is 0. The van der Waals surface area contributed by atoms with Crippen LogP contribution in [0.15, 0.2) is 97.1 Å². The van der Waals surface area contributed by atoms with Crippen LogP contribution in [0.1, 0.15) is 34.1 Å². The fourth-order valence-electron chi connectivity index (χ4n) is 3.90. The van der Waals surface area contributed by atoms with Gasteiger partial charge in [-0.05, 0) is 70.8 Å². The molecule has 4 rings (SSSR count). The molecule has 0 saturated heterocycles. The SMILES string of the molecule is Nc1ccc(C(c2ccc(O)cc2)C(c2ccc(O)cc2)c2ccc(O)cc2)cc1. The molecule has 0 aromatic heterocycles. The van der Waals surface area contributed by atoms with E-state index >= 15 is 0 Å². The maximum absolute atomic E-state index is 9.81. The molecule has 5 N–H and O–H groups in total. The van der Waals surface area contributed by atoms with Crippen LogP contribution < -0.4 is 5.73 Å². The van der Waals surface area contributed by atoms with E-state index < -0.39 is 0 Å². The summed E-state index contributed by atoms with van der Waals surface area (Å²) in [6, 6.07) is 29.4. The van der Waals surface area contributed by atoms with Gasteiger partial charge in [-0.2, -0.15) is 0 Å². The third kappa shape index (κ3) is 4.08. The smallest absolute Gasteiger partial charge is 0.115 e. The van der Waals surface area contributed by atoms with Crippen LogP contribution in [0.3, 0.4) is 0 Å². The van der Waals surface area contributed by atoms with Crippen LogP contribution in [0.25, 0.3) is 0 Å². The number of aromatic hydroxyl groups is 3. The molecule has 0 saturated carbocycles. The lowest BCUT2D eigenvalue weighted by atomic mass is 9.73. The molecule has 4 aromatic rings. The molecule has 0 spiro atoms. The zero-order valence-corrected chi connectivity index (χ0v) is 16.3. The minimum absolute atomic E-state index is 0.0831. The highest BCUT2D eigenvalue weighted by molar-refractivity contribution is 5.49. The number of anilines is 1. The van der Waals surface area contributed by atoms with Gasteiger partial charge in [0.05, 0.1) is 0 Å². The molecule has 1 atom stereocenters. The molecule has 1 unspecified atom stereocenters. The van der Waals surface area contributed by atoms with Crippen molar-refractivity contribution in [1.29, 1.82) is 0 Å². The van der Waals surface area contributed by atoms with Gasteiger partial charge in [-0.3, -0.25) is 0 Å². The molecule has 0 heterocycles. The van der Waals surface area contributed by atoms with Crippen molar-refractivity contribution in [3.05, 3.63) is 119 Å². The number of hydrogen-bond donors (Lipinski definition) is 4. The fourth-order valence-corrected chi connectivity index (χ4v) is 3.90. The van der Waals surface area contributed by atoms with Gasteiger partial charge in [-0.15, -0.1) is 0 Å². The Balaban J connectivity index is 1.93. The van der Waals surface area contributed by atoms with E-state index in [9.17, 15) is 15.3 Å². The Kier molecular flexibility index (Phi) is 5.31. The van der Waals surface area contributed by atoms with Gasteiger partial charge in [0.2, 0.25) is 0 Å². The topological polar surface area (TPSA) is 86.7 Å². The Morgan fingerprint density at radius 1 is 0.400 bits per heavy atom. The van der Waals surface area contributed by atoms with E-state index in [0.29, 0.717) is 5.69 Å². The summed E-state index contributed by atoms with van der Waals surface area (Å²) >= 11 is 0. The number of nitrogens with two attached hydrogens (primary N) is 1. The molecular formula is C26H23NO3. The van der Waals surface area contributed by atoms with E-state index in [1.807, 2.05) is 60.7 Å². The molecule has 30 heavy (non-hydrogen) atoms. The van der Waals surface area contributed by atoms with Crippen molar-refractivity contribution in [1.82, 2.24) is 0 Å². The van der Waals surface area contributed by atoms with Gasteiger partial charge >= 0.3 is 0 Å². The van der Waals surface area contributed by atoms with Crippen LogP contribution in [0.4, 0.5) is 5.69 Å². The highest BCUT2D eigenvalue weighted by Gasteiger charge is 2.28. The number of rotatable bonds is 5. The van der Waals surface area contributed by atoms with Crippen molar-refractivity contribution < 1.29 is 15.3 Å². The minimum Gasteiger partial charge on any atom is -0.508 e. The Labute approximate surface area is 175 Å². The highest BCUT2D eigenvalue weighted by atomic mass is 16.3.